The lowest BCUT2D eigenvalue weighted by atomic mass is 10.2. The lowest BCUT2D eigenvalue weighted by Crippen LogP contribution is -3.00. The van der Waals surface area contributed by atoms with Crippen molar-refractivity contribution in [3.8, 4) is 0 Å². The highest BCUT2D eigenvalue weighted by molar-refractivity contribution is 7.19. The van der Waals surface area contributed by atoms with Crippen LogP contribution in [0.4, 0.5) is 15.8 Å². The Morgan fingerprint density at radius 2 is 1.84 bits per heavy atom. The molecule has 7 heteroatoms. The van der Waals surface area contributed by atoms with Gasteiger partial charge < -0.3 is 26.4 Å². The molecule has 134 valence electrons. The van der Waals surface area contributed by atoms with Crippen molar-refractivity contribution >= 4 is 38.1 Å². The van der Waals surface area contributed by atoms with Crippen molar-refractivity contribution in [1.82, 2.24) is 9.13 Å². The Bertz CT molecular complexity index is 892. The van der Waals surface area contributed by atoms with E-state index in [1.807, 2.05) is 17.7 Å². The van der Waals surface area contributed by atoms with Crippen molar-refractivity contribution in [1.29, 1.82) is 0 Å². The predicted molar refractivity (Wildman–Crippen MR) is 103 cm³/mol. The number of halogens is 1. The van der Waals surface area contributed by atoms with Crippen LogP contribution in [0.2, 0.25) is 0 Å². The number of benzene rings is 1. The highest BCUT2D eigenvalue weighted by Gasteiger charge is 2.19. The molecule has 2 heterocycles. The van der Waals surface area contributed by atoms with Crippen molar-refractivity contribution in [2.75, 3.05) is 18.0 Å². The van der Waals surface area contributed by atoms with Gasteiger partial charge in [-0.05, 0) is 32.0 Å². The maximum atomic E-state index is 4.59. The Morgan fingerprint density at radius 1 is 1.16 bits per heavy atom. The SMILES string of the molecule is CCN(CC)c1cn(C)[c+](N=Nc2c(C)n(C)c3ccccc23)s1.[Br-]. The summed E-state index contributed by atoms with van der Waals surface area (Å²) in [5, 5.41) is 12.4. The third-order valence-electron chi connectivity index (χ3n) is 4.48. The standard InChI is InChI=1S/C18H24N5S.BrH/c1-6-23(7-2)16-12-21(4)18(24-16)20-19-17-13(3)22(5)15-11-9-8-10-14(15)17;/h8-12H,6-7H2,1-5H3;1H/q+1;/p-1. The van der Waals surface area contributed by atoms with E-state index in [9.17, 15) is 0 Å². The van der Waals surface area contributed by atoms with E-state index in [1.54, 1.807) is 11.3 Å². The Morgan fingerprint density at radius 3 is 2.52 bits per heavy atom. The number of hydrogen-bond acceptors (Lipinski definition) is 4. The second kappa shape index (κ2) is 8.10. The van der Waals surface area contributed by atoms with E-state index < -0.39 is 0 Å². The minimum absolute atomic E-state index is 0. The molecule has 0 N–H and O–H groups in total. The fourth-order valence-electron chi connectivity index (χ4n) is 2.90. The summed E-state index contributed by atoms with van der Waals surface area (Å²) in [6.45, 7) is 8.42. The van der Waals surface area contributed by atoms with Crippen LogP contribution in [-0.4, -0.2) is 22.2 Å². The van der Waals surface area contributed by atoms with Gasteiger partial charge in [-0.15, -0.1) is 5.11 Å². The third-order valence-corrected chi connectivity index (χ3v) is 5.60. The van der Waals surface area contributed by atoms with Crippen molar-refractivity contribution in [3.63, 3.8) is 0 Å². The Labute approximate surface area is 163 Å². The van der Waals surface area contributed by atoms with Crippen molar-refractivity contribution in [3.05, 3.63) is 36.2 Å². The molecule has 25 heavy (non-hydrogen) atoms. The second-order valence-corrected chi connectivity index (χ2v) is 6.83. The summed E-state index contributed by atoms with van der Waals surface area (Å²) in [7, 11) is 4.09. The van der Waals surface area contributed by atoms with Crippen LogP contribution in [0.1, 0.15) is 19.5 Å². The molecular weight excluding hydrogens is 398 g/mol. The van der Waals surface area contributed by atoms with Crippen LogP contribution >= 0.6 is 11.3 Å². The Kier molecular flexibility index (Phi) is 6.35. The van der Waals surface area contributed by atoms with Gasteiger partial charge in [0.15, 0.2) is 6.20 Å². The molecular formula is C18H24BrN5S. The summed E-state index contributed by atoms with van der Waals surface area (Å²) >= 11 is 1.68. The van der Waals surface area contributed by atoms with Gasteiger partial charge in [0, 0.05) is 38.3 Å². The Hall–Kier alpha value is -1.73. The summed E-state index contributed by atoms with van der Waals surface area (Å²) in [6, 6.07) is 8.32. The molecule has 5 nitrogen and oxygen atoms in total. The van der Waals surface area contributed by atoms with E-state index >= 15 is 0 Å². The predicted octanol–water partition coefficient (Wildman–Crippen LogP) is 2.43. The molecule has 0 bridgehead atoms. The number of aryl methyl sites for hydroxylation is 2. The Balaban J connectivity index is 0.00000225. The first-order chi connectivity index (χ1) is 11.6. The van der Waals surface area contributed by atoms with Crippen LogP contribution in [-0.2, 0) is 14.1 Å². The zero-order valence-corrected chi connectivity index (χ0v) is 17.7. The average molecular weight is 422 g/mol. The molecule has 0 saturated carbocycles. The minimum atomic E-state index is 0. The number of azo groups is 1. The van der Waals surface area contributed by atoms with Gasteiger partial charge in [0.25, 0.3) is 5.00 Å². The van der Waals surface area contributed by atoms with Crippen molar-refractivity contribution in [2.45, 2.75) is 20.8 Å². The fraction of sp³-hybridized carbons (Fsp3) is 0.389. The number of fused-ring (bicyclic) bond motifs is 1. The molecule has 0 aliphatic rings. The van der Waals surface area contributed by atoms with Gasteiger partial charge >= 0.3 is 5.13 Å². The number of hydrogen-bond donors (Lipinski definition) is 0. The summed E-state index contributed by atoms with van der Waals surface area (Å²) in [5.74, 6) is 0. The molecule has 0 saturated heterocycles. The summed E-state index contributed by atoms with van der Waals surface area (Å²) < 4.78 is 4.21. The molecule has 2 aromatic heterocycles. The van der Waals surface area contributed by atoms with Gasteiger partial charge in [0.2, 0.25) is 0 Å². The van der Waals surface area contributed by atoms with Gasteiger partial charge in [0.05, 0.1) is 16.9 Å². The highest BCUT2D eigenvalue weighted by atomic mass is 79.9. The van der Waals surface area contributed by atoms with Gasteiger partial charge in [-0.2, -0.15) is 0 Å². The number of rotatable bonds is 5. The largest absolute Gasteiger partial charge is 1.00 e. The average Bonchev–Trinajstić information content (AvgIpc) is 3.07. The summed E-state index contributed by atoms with van der Waals surface area (Å²) in [5.41, 5.74) is 3.26. The van der Waals surface area contributed by atoms with E-state index in [0.29, 0.717) is 0 Å². The summed E-state index contributed by atoms with van der Waals surface area (Å²) in [4.78, 5) is 2.33. The van der Waals surface area contributed by atoms with E-state index in [1.165, 1.54) is 10.5 Å². The molecule has 0 atom stereocenters. The quantitative estimate of drug-likeness (QED) is 0.460. The summed E-state index contributed by atoms with van der Waals surface area (Å²) in [6.07, 6.45) is 2.13. The fourth-order valence-corrected chi connectivity index (χ4v) is 3.97. The lowest BCUT2D eigenvalue weighted by molar-refractivity contribution is -0.00000507. The number of nitrogens with zero attached hydrogens (tertiary/aromatic N) is 5. The second-order valence-electron chi connectivity index (χ2n) is 5.85. The first-order valence-corrected chi connectivity index (χ1v) is 9.08. The number of para-hydroxylation sites is 1. The molecule has 0 aliphatic carbocycles. The third kappa shape index (κ3) is 3.62. The molecule has 3 rings (SSSR count). The molecule has 0 radical (unpaired) electrons. The van der Waals surface area contributed by atoms with Gasteiger partial charge in [-0.1, -0.05) is 18.2 Å². The molecule has 1 aromatic carbocycles. The molecule has 0 fully saturated rings. The van der Waals surface area contributed by atoms with Crippen LogP contribution in [0.25, 0.3) is 10.9 Å². The van der Waals surface area contributed by atoms with Crippen LogP contribution in [0.5, 0.6) is 0 Å². The van der Waals surface area contributed by atoms with Crippen LogP contribution in [0, 0.1) is 6.92 Å². The minimum Gasteiger partial charge on any atom is -1.00 e. The number of aromatic nitrogens is 2. The van der Waals surface area contributed by atoms with E-state index in [-0.39, 0.29) is 17.0 Å². The smallest absolute Gasteiger partial charge is 0.319 e. The maximum Gasteiger partial charge on any atom is 0.319 e. The molecule has 0 amide bonds. The molecule has 3 aromatic rings. The van der Waals surface area contributed by atoms with Gasteiger partial charge in [0.1, 0.15) is 5.69 Å². The number of anilines is 1. The zero-order chi connectivity index (χ0) is 17.3. The van der Waals surface area contributed by atoms with Crippen LogP contribution < -0.4 is 21.9 Å². The van der Waals surface area contributed by atoms with Crippen molar-refractivity contribution in [2.24, 2.45) is 24.3 Å². The van der Waals surface area contributed by atoms with Crippen molar-refractivity contribution < 1.29 is 17.0 Å². The van der Waals surface area contributed by atoms with Crippen LogP contribution in [0.3, 0.4) is 0 Å². The maximum absolute atomic E-state index is 4.59. The molecule has 0 spiro atoms. The van der Waals surface area contributed by atoms with E-state index in [4.69, 9.17) is 0 Å². The zero-order valence-electron chi connectivity index (χ0n) is 15.3. The topological polar surface area (TPSA) is 37.8 Å². The van der Waals surface area contributed by atoms with E-state index in [2.05, 4.69) is 71.9 Å². The lowest BCUT2D eigenvalue weighted by Gasteiger charge is -2.11. The van der Waals surface area contributed by atoms with Gasteiger partial charge in [-0.3, -0.25) is 0 Å². The monoisotopic (exact) mass is 421 g/mol. The first kappa shape index (κ1) is 19.6. The normalized spacial score (nSPS) is 11.2. The van der Waals surface area contributed by atoms with Crippen LogP contribution in [0.15, 0.2) is 40.7 Å². The number of thiazole rings is 1. The molecule has 0 aliphatic heterocycles. The van der Waals surface area contributed by atoms with E-state index in [0.717, 1.165) is 35.0 Å². The highest BCUT2D eigenvalue weighted by Crippen LogP contribution is 2.36. The first-order valence-electron chi connectivity index (χ1n) is 8.27. The molecule has 0 unspecified atom stereocenters. The van der Waals surface area contributed by atoms with Gasteiger partial charge in [-0.25, -0.2) is 4.57 Å².